The summed E-state index contributed by atoms with van der Waals surface area (Å²) in [6.45, 7) is 7.43. The van der Waals surface area contributed by atoms with E-state index in [1.54, 1.807) is 7.05 Å². The van der Waals surface area contributed by atoms with Crippen LogP contribution in [0.4, 0.5) is 0 Å². The highest BCUT2D eigenvalue weighted by molar-refractivity contribution is 5.81. The third kappa shape index (κ3) is 6.61. The number of amides is 1. The average Bonchev–Trinajstić information content (AvgIpc) is 2.51. The van der Waals surface area contributed by atoms with E-state index < -0.39 is 0 Å². The number of nitrogens with zero attached hydrogens (tertiary/aromatic N) is 1. The molecule has 0 aliphatic carbocycles. The molecule has 1 atom stereocenters. The van der Waals surface area contributed by atoms with Crippen molar-refractivity contribution in [2.75, 3.05) is 13.6 Å². The lowest BCUT2D eigenvalue weighted by Gasteiger charge is -2.14. The van der Waals surface area contributed by atoms with Gasteiger partial charge in [0, 0.05) is 32.6 Å². The number of aliphatic imine (C=N–C) groups is 1. The first-order valence-corrected chi connectivity index (χ1v) is 7.85. The molecule has 0 bridgehead atoms. The van der Waals surface area contributed by atoms with Crippen molar-refractivity contribution >= 4 is 11.9 Å². The minimum Gasteiger partial charge on any atom is -0.356 e. The summed E-state index contributed by atoms with van der Waals surface area (Å²) < 4.78 is 0. The van der Waals surface area contributed by atoms with E-state index in [4.69, 9.17) is 0 Å². The van der Waals surface area contributed by atoms with Crippen LogP contribution in [0.3, 0.4) is 0 Å². The first-order chi connectivity index (χ1) is 10.6. The summed E-state index contributed by atoms with van der Waals surface area (Å²) in [6.07, 6.45) is 1.38. The number of hydrogen-bond donors (Lipinski definition) is 3. The van der Waals surface area contributed by atoms with Gasteiger partial charge < -0.3 is 16.0 Å². The fourth-order valence-corrected chi connectivity index (χ4v) is 1.95. The van der Waals surface area contributed by atoms with E-state index in [-0.39, 0.29) is 11.9 Å². The summed E-state index contributed by atoms with van der Waals surface area (Å²) in [5.41, 5.74) is 2.48. The zero-order valence-corrected chi connectivity index (χ0v) is 14.1. The number of rotatable bonds is 7. The van der Waals surface area contributed by atoms with E-state index in [9.17, 15) is 4.79 Å². The maximum atomic E-state index is 11.7. The maximum Gasteiger partial charge on any atom is 0.221 e. The van der Waals surface area contributed by atoms with Gasteiger partial charge in [0.05, 0.1) is 0 Å². The molecule has 3 N–H and O–H groups in total. The first-order valence-electron chi connectivity index (χ1n) is 7.85. The smallest absolute Gasteiger partial charge is 0.221 e. The van der Waals surface area contributed by atoms with Crippen LogP contribution in [0.2, 0.25) is 0 Å². The topological polar surface area (TPSA) is 65.5 Å². The molecular formula is C17H28N4O. The molecule has 1 aromatic carbocycles. The summed E-state index contributed by atoms with van der Waals surface area (Å²) in [5, 5.41) is 9.37. The van der Waals surface area contributed by atoms with Gasteiger partial charge in [-0.2, -0.15) is 0 Å². The molecular weight excluding hydrogens is 276 g/mol. The average molecular weight is 304 g/mol. The molecule has 0 heterocycles. The minimum atomic E-state index is 0.0659. The molecule has 1 rings (SSSR count). The Bertz CT molecular complexity index is 499. The van der Waals surface area contributed by atoms with Gasteiger partial charge in [0.1, 0.15) is 0 Å². The lowest BCUT2D eigenvalue weighted by atomic mass is 10.1. The van der Waals surface area contributed by atoms with Crippen molar-refractivity contribution in [1.82, 2.24) is 16.0 Å². The zero-order chi connectivity index (χ0) is 16.4. The van der Waals surface area contributed by atoms with Crippen molar-refractivity contribution in [3.63, 3.8) is 0 Å². The van der Waals surface area contributed by atoms with Gasteiger partial charge in [-0.3, -0.25) is 9.79 Å². The van der Waals surface area contributed by atoms with Crippen LogP contribution in [0, 0.1) is 6.92 Å². The summed E-state index contributed by atoms with van der Waals surface area (Å²) in [7, 11) is 1.73. The number of carbonyl (C=O) groups excluding carboxylic acids is 1. The number of guanidine groups is 1. The molecule has 5 nitrogen and oxygen atoms in total. The van der Waals surface area contributed by atoms with Crippen LogP contribution < -0.4 is 16.0 Å². The molecule has 1 aromatic rings. The Morgan fingerprint density at radius 1 is 1.27 bits per heavy atom. The number of nitrogens with one attached hydrogen (secondary N) is 3. The number of aryl methyl sites for hydroxylation is 1. The highest BCUT2D eigenvalue weighted by Gasteiger charge is 2.06. The van der Waals surface area contributed by atoms with E-state index in [1.165, 1.54) is 11.1 Å². The summed E-state index contributed by atoms with van der Waals surface area (Å²) >= 11 is 0. The van der Waals surface area contributed by atoms with Gasteiger partial charge in [0.15, 0.2) is 5.96 Å². The molecule has 0 fully saturated rings. The van der Waals surface area contributed by atoms with Crippen molar-refractivity contribution in [3.8, 4) is 0 Å². The van der Waals surface area contributed by atoms with Crippen LogP contribution in [0.15, 0.2) is 29.3 Å². The van der Waals surface area contributed by atoms with Gasteiger partial charge >= 0.3 is 0 Å². The SMILES string of the molecule is CCC(C)NC(=O)CCNC(=NC)NCc1ccccc1C. The highest BCUT2D eigenvalue weighted by Crippen LogP contribution is 2.05. The molecule has 122 valence electrons. The standard InChI is InChI=1S/C17H28N4O/c1-5-14(3)21-16(22)10-11-19-17(18-4)20-12-15-9-7-6-8-13(15)2/h6-9,14H,5,10-12H2,1-4H3,(H,21,22)(H2,18,19,20). The molecule has 0 saturated carbocycles. The molecule has 0 aromatic heterocycles. The van der Waals surface area contributed by atoms with Crippen LogP contribution in [0.25, 0.3) is 0 Å². The van der Waals surface area contributed by atoms with Gasteiger partial charge in [-0.15, -0.1) is 0 Å². The van der Waals surface area contributed by atoms with Gasteiger partial charge in [0.25, 0.3) is 0 Å². The zero-order valence-electron chi connectivity index (χ0n) is 14.1. The molecule has 0 aliphatic rings. The number of benzene rings is 1. The summed E-state index contributed by atoms with van der Waals surface area (Å²) in [6, 6.07) is 8.47. The van der Waals surface area contributed by atoms with E-state index >= 15 is 0 Å². The van der Waals surface area contributed by atoms with E-state index in [0.717, 1.165) is 6.42 Å². The monoisotopic (exact) mass is 304 g/mol. The predicted molar refractivity (Wildman–Crippen MR) is 91.9 cm³/mol. The van der Waals surface area contributed by atoms with Crippen molar-refractivity contribution in [1.29, 1.82) is 0 Å². The predicted octanol–water partition coefficient (Wildman–Crippen LogP) is 1.96. The molecule has 0 radical (unpaired) electrons. The van der Waals surface area contributed by atoms with Crippen LogP contribution >= 0.6 is 0 Å². The second-order valence-corrected chi connectivity index (χ2v) is 5.41. The van der Waals surface area contributed by atoms with Crippen molar-refractivity contribution in [3.05, 3.63) is 35.4 Å². The lowest BCUT2D eigenvalue weighted by molar-refractivity contribution is -0.121. The molecule has 1 unspecified atom stereocenters. The number of hydrogen-bond acceptors (Lipinski definition) is 2. The van der Waals surface area contributed by atoms with Crippen molar-refractivity contribution in [2.24, 2.45) is 4.99 Å². The Hall–Kier alpha value is -2.04. The van der Waals surface area contributed by atoms with E-state index in [1.807, 2.05) is 19.1 Å². The van der Waals surface area contributed by atoms with Crippen molar-refractivity contribution < 1.29 is 4.79 Å². The van der Waals surface area contributed by atoms with Crippen LogP contribution in [-0.2, 0) is 11.3 Å². The molecule has 5 heteroatoms. The Kier molecular flexibility index (Phi) is 8.04. The Labute approximate surface area is 133 Å². The Balaban J connectivity index is 2.31. The second kappa shape index (κ2) is 9.82. The quantitative estimate of drug-likeness (QED) is 0.533. The van der Waals surface area contributed by atoms with Gasteiger partial charge in [0.2, 0.25) is 5.91 Å². The van der Waals surface area contributed by atoms with Crippen LogP contribution in [-0.4, -0.2) is 31.5 Å². The van der Waals surface area contributed by atoms with Crippen LogP contribution in [0.5, 0.6) is 0 Å². The molecule has 1 amide bonds. The third-order valence-corrected chi connectivity index (χ3v) is 3.60. The largest absolute Gasteiger partial charge is 0.356 e. The fraction of sp³-hybridized carbons (Fsp3) is 0.529. The molecule has 22 heavy (non-hydrogen) atoms. The molecule has 0 saturated heterocycles. The lowest BCUT2D eigenvalue weighted by Crippen LogP contribution is -2.40. The fourth-order valence-electron chi connectivity index (χ4n) is 1.95. The van der Waals surface area contributed by atoms with Gasteiger partial charge in [-0.25, -0.2) is 0 Å². The van der Waals surface area contributed by atoms with Gasteiger partial charge in [-0.05, 0) is 31.4 Å². The van der Waals surface area contributed by atoms with E-state index in [2.05, 4.69) is 46.9 Å². The highest BCUT2D eigenvalue weighted by atomic mass is 16.1. The van der Waals surface area contributed by atoms with Crippen LogP contribution in [0.1, 0.15) is 37.8 Å². The molecule has 0 aliphatic heterocycles. The molecule has 0 spiro atoms. The minimum absolute atomic E-state index is 0.0659. The second-order valence-electron chi connectivity index (χ2n) is 5.41. The normalized spacial score (nSPS) is 12.6. The summed E-state index contributed by atoms with van der Waals surface area (Å²) in [5.74, 6) is 0.774. The Morgan fingerprint density at radius 2 is 2.00 bits per heavy atom. The third-order valence-electron chi connectivity index (χ3n) is 3.60. The number of carbonyl (C=O) groups is 1. The van der Waals surface area contributed by atoms with Crippen molar-refractivity contribution in [2.45, 2.75) is 46.2 Å². The van der Waals surface area contributed by atoms with E-state index in [0.29, 0.717) is 25.5 Å². The van der Waals surface area contributed by atoms with Gasteiger partial charge in [-0.1, -0.05) is 31.2 Å². The first kappa shape index (κ1) is 18.0. The maximum absolute atomic E-state index is 11.7. The summed E-state index contributed by atoms with van der Waals surface area (Å²) in [4.78, 5) is 15.9. The Morgan fingerprint density at radius 3 is 2.64 bits per heavy atom.